The van der Waals surface area contributed by atoms with E-state index in [4.69, 9.17) is 14.2 Å². The van der Waals surface area contributed by atoms with E-state index in [0.717, 1.165) is 33.6 Å². The molecule has 1 N–H and O–H groups in total. The summed E-state index contributed by atoms with van der Waals surface area (Å²) >= 11 is 0. The molecule has 1 atom stereocenters. The van der Waals surface area contributed by atoms with Crippen LogP contribution >= 0.6 is 0 Å². The molecule has 4 rings (SSSR count). The van der Waals surface area contributed by atoms with Crippen LogP contribution in [0.4, 0.5) is 5.82 Å². The molecule has 0 bridgehead atoms. The summed E-state index contributed by atoms with van der Waals surface area (Å²) in [5.74, 6) is 2.60. The lowest BCUT2D eigenvalue weighted by Gasteiger charge is -2.18. The first-order valence-corrected chi connectivity index (χ1v) is 9.16. The molecule has 0 aliphatic heterocycles. The predicted molar refractivity (Wildman–Crippen MR) is 110 cm³/mol. The number of hydrogen-bond donors (Lipinski definition) is 1. The van der Waals surface area contributed by atoms with Crippen molar-refractivity contribution in [3.63, 3.8) is 0 Å². The van der Waals surface area contributed by atoms with Gasteiger partial charge in [0.2, 0.25) is 11.7 Å². The first-order valence-electron chi connectivity index (χ1n) is 9.16. The molecule has 4 aromatic rings. The summed E-state index contributed by atoms with van der Waals surface area (Å²) < 4.78 is 10.4. The Kier molecular flexibility index (Phi) is 4.69. The second-order valence-electron chi connectivity index (χ2n) is 6.86. The summed E-state index contributed by atoms with van der Waals surface area (Å²) in [6.45, 7) is 5.94. The van der Waals surface area contributed by atoms with Crippen LogP contribution in [-0.4, -0.2) is 22.2 Å². The van der Waals surface area contributed by atoms with Crippen molar-refractivity contribution in [3.05, 3.63) is 65.5 Å². The first-order chi connectivity index (χ1) is 13.5. The molecule has 0 radical (unpaired) electrons. The van der Waals surface area contributed by atoms with Crippen LogP contribution in [0.5, 0.6) is 5.75 Å². The molecule has 2 aromatic carbocycles. The summed E-state index contributed by atoms with van der Waals surface area (Å²) in [7, 11) is 1.66. The SMILES string of the molecule is COc1ccc([C@H](C)Nc2nc3ccc(C)cc3cc2-c2noc(C)n2)cc1. The van der Waals surface area contributed by atoms with Gasteiger partial charge in [-0.15, -0.1) is 0 Å². The predicted octanol–water partition coefficient (Wildman–Crippen LogP) is 5.08. The monoisotopic (exact) mass is 374 g/mol. The van der Waals surface area contributed by atoms with Crippen LogP contribution in [0, 0.1) is 13.8 Å². The molecule has 0 unspecified atom stereocenters. The Morgan fingerprint density at radius 2 is 1.79 bits per heavy atom. The maximum Gasteiger partial charge on any atom is 0.223 e. The molecule has 142 valence electrons. The summed E-state index contributed by atoms with van der Waals surface area (Å²) in [6, 6.07) is 16.3. The van der Waals surface area contributed by atoms with E-state index < -0.39 is 0 Å². The number of nitrogens with zero attached hydrogens (tertiary/aromatic N) is 3. The van der Waals surface area contributed by atoms with Crippen LogP contribution in [-0.2, 0) is 0 Å². The normalized spacial score (nSPS) is 12.1. The fourth-order valence-corrected chi connectivity index (χ4v) is 3.17. The van der Waals surface area contributed by atoms with Gasteiger partial charge in [0.15, 0.2) is 0 Å². The number of nitrogens with one attached hydrogen (secondary N) is 1. The Morgan fingerprint density at radius 3 is 2.46 bits per heavy atom. The van der Waals surface area contributed by atoms with Gasteiger partial charge in [0.05, 0.1) is 18.2 Å². The van der Waals surface area contributed by atoms with Gasteiger partial charge in [-0.05, 0) is 49.7 Å². The van der Waals surface area contributed by atoms with Crippen molar-refractivity contribution < 1.29 is 9.26 Å². The van der Waals surface area contributed by atoms with Crippen LogP contribution in [0.25, 0.3) is 22.3 Å². The van der Waals surface area contributed by atoms with Gasteiger partial charge in [-0.3, -0.25) is 0 Å². The fraction of sp³-hybridized carbons (Fsp3) is 0.227. The third-order valence-electron chi connectivity index (χ3n) is 4.71. The maximum atomic E-state index is 5.24. The number of ether oxygens (including phenoxy) is 1. The van der Waals surface area contributed by atoms with Gasteiger partial charge in [0.25, 0.3) is 0 Å². The van der Waals surface area contributed by atoms with Crippen molar-refractivity contribution in [2.45, 2.75) is 26.8 Å². The number of fused-ring (bicyclic) bond motifs is 1. The third-order valence-corrected chi connectivity index (χ3v) is 4.71. The first kappa shape index (κ1) is 18.0. The van der Waals surface area contributed by atoms with Crippen molar-refractivity contribution in [1.82, 2.24) is 15.1 Å². The largest absolute Gasteiger partial charge is 0.497 e. The van der Waals surface area contributed by atoms with Crippen molar-refractivity contribution in [2.75, 3.05) is 12.4 Å². The number of methoxy groups -OCH3 is 1. The molecule has 2 heterocycles. The molecular weight excluding hydrogens is 352 g/mol. The third kappa shape index (κ3) is 3.53. The van der Waals surface area contributed by atoms with E-state index in [2.05, 4.69) is 47.5 Å². The van der Waals surface area contributed by atoms with Crippen molar-refractivity contribution in [3.8, 4) is 17.1 Å². The van der Waals surface area contributed by atoms with Gasteiger partial charge in [-0.2, -0.15) is 4.98 Å². The second kappa shape index (κ2) is 7.31. The number of pyridine rings is 1. The Labute approximate surface area is 163 Å². The number of anilines is 1. The van der Waals surface area contributed by atoms with Gasteiger partial charge in [-0.25, -0.2) is 4.98 Å². The van der Waals surface area contributed by atoms with E-state index in [9.17, 15) is 0 Å². The molecule has 6 heteroatoms. The van der Waals surface area contributed by atoms with E-state index in [1.165, 1.54) is 5.56 Å². The zero-order valence-corrected chi connectivity index (χ0v) is 16.4. The summed E-state index contributed by atoms with van der Waals surface area (Å²) in [5, 5.41) is 8.64. The molecule has 0 spiro atoms. The van der Waals surface area contributed by atoms with Crippen LogP contribution in [0.15, 0.2) is 53.1 Å². The minimum atomic E-state index is 0.0352. The van der Waals surface area contributed by atoms with Crippen molar-refractivity contribution >= 4 is 16.7 Å². The minimum absolute atomic E-state index is 0.0352. The number of rotatable bonds is 5. The highest BCUT2D eigenvalue weighted by Crippen LogP contribution is 2.31. The quantitative estimate of drug-likeness (QED) is 0.525. The summed E-state index contributed by atoms with van der Waals surface area (Å²) in [5.41, 5.74) is 4.04. The van der Waals surface area contributed by atoms with Gasteiger partial charge in [0.1, 0.15) is 11.6 Å². The smallest absolute Gasteiger partial charge is 0.223 e. The average Bonchev–Trinajstić information content (AvgIpc) is 3.13. The molecule has 28 heavy (non-hydrogen) atoms. The highest BCUT2D eigenvalue weighted by Gasteiger charge is 2.17. The number of benzene rings is 2. The maximum absolute atomic E-state index is 5.24. The summed E-state index contributed by atoms with van der Waals surface area (Å²) in [4.78, 5) is 9.24. The number of aryl methyl sites for hydroxylation is 2. The topological polar surface area (TPSA) is 73.1 Å². The van der Waals surface area contributed by atoms with E-state index in [1.807, 2.05) is 30.3 Å². The molecule has 0 aliphatic carbocycles. The second-order valence-corrected chi connectivity index (χ2v) is 6.86. The van der Waals surface area contributed by atoms with Gasteiger partial charge in [0, 0.05) is 18.4 Å². The Balaban J connectivity index is 1.76. The number of aromatic nitrogens is 3. The van der Waals surface area contributed by atoms with Gasteiger partial charge >= 0.3 is 0 Å². The highest BCUT2D eigenvalue weighted by atomic mass is 16.5. The molecule has 2 aromatic heterocycles. The molecular formula is C22H22N4O2. The Morgan fingerprint density at radius 1 is 1.00 bits per heavy atom. The lowest BCUT2D eigenvalue weighted by molar-refractivity contribution is 0.394. The van der Waals surface area contributed by atoms with Crippen LogP contribution in [0.3, 0.4) is 0 Å². The Bertz CT molecular complexity index is 1120. The minimum Gasteiger partial charge on any atom is -0.497 e. The molecule has 0 saturated heterocycles. The van der Waals surface area contributed by atoms with Gasteiger partial charge < -0.3 is 14.6 Å². The molecule has 6 nitrogen and oxygen atoms in total. The van der Waals surface area contributed by atoms with Crippen molar-refractivity contribution in [2.24, 2.45) is 0 Å². The van der Waals surface area contributed by atoms with Crippen LogP contribution in [0.2, 0.25) is 0 Å². The van der Waals surface area contributed by atoms with Crippen LogP contribution < -0.4 is 10.1 Å². The van der Waals surface area contributed by atoms with E-state index >= 15 is 0 Å². The summed E-state index contributed by atoms with van der Waals surface area (Å²) in [6.07, 6.45) is 0. The van der Waals surface area contributed by atoms with Crippen LogP contribution in [0.1, 0.15) is 30.0 Å². The van der Waals surface area contributed by atoms with E-state index in [-0.39, 0.29) is 6.04 Å². The Hall–Kier alpha value is -3.41. The molecule has 0 fully saturated rings. The fourth-order valence-electron chi connectivity index (χ4n) is 3.17. The zero-order valence-electron chi connectivity index (χ0n) is 16.4. The molecule has 0 aliphatic rings. The molecule has 0 amide bonds. The zero-order chi connectivity index (χ0) is 19.7. The standard InChI is InChI=1S/C22H22N4O2/c1-13-5-10-20-17(11-13)12-19(22-24-15(3)28-26-22)21(25-20)23-14(2)16-6-8-18(27-4)9-7-16/h5-12,14H,1-4H3,(H,23,25)/t14-/m0/s1. The number of hydrogen-bond acceptors (Lipinski definition) is 6. The average molecular weight is 374 g/mol. The van der Waals surface area contributed by atoms with E-state index in [0.29, 0.717) is 11.7 Å². The molecule has 0 saturated carbocycles. The van der Waals surface area contributed by atoms with E-state index in [1.54, 1.807) is 14.0 Å². The highest BCUT2D eigenvalue weighted by molar-refractivity contribution is 5.88. The lowest BCUT2D eigenvalue weighted by atomic mass is 10.1. The lowest BCUT2D eigenvalue weighted by Crippen LogP contribution is -2.09. The van der Waals surface area contributed by atoms with Gasteiger partial charge in [-0.1, -0.05) is 28.9 Å². The van der Waals surface area contributed by atoms with Crippen molar-refractivity contribution in [1.29, 1.82) is 0 Å².